The normalized spacial score (nSPS) is 12.5. The van der Waals surface area contributed by atoms with Gasteiger partial charge in [-0.05, 0) is 31.5 Å². The number of carbonyl (C=O) groups excluding carboxylic acids is 1. The number of aliphatic hydroxyl groups excluding tert-OH is 1. The molecule has 16 heteroatoms. The molecule has 0 bridgehead atoms. The molecule has 1 atom stereocenters. The molecule has 3 rings (SSSR count). The van der Waals surface area contributed by atoms with E-state index < -0.39 is 66.1 Å². The van der Waals surface area contributed by atoms with Gasteiger partial charge < -0.3 is 15.2 Å². The summed E-state index contributed by atoms with van der Waals surface area (Å²) < 4.78 is 73.7. The summed E-state index contributed by atoms with van der Waals surface area (Å²) in [5.41, 5.74) is -1.44. The van der Waals surface area contributed by atoms with Crippen LogP contribution in [0.25, 0.3) is 5.82 Å². The van der Waals surface area contributed by atoms with Crippen LogP contribution >= 0.6 is 11.6 Å². The van der Waals surface area contributed by atoms with Gasteiger partial charge >= 0.3 is 11.9 Å². The fourth-order valence-electron chi connectivity index (χ4n) is 2.95. The van der Waals surface area contributed by atoms with Crippen LogP contribution in [0.4, 0.5) is 27.6 Å². The number of carbonyl (C=O) groups is 1. The van der Waals surface area contributed by atoms with Crippen molar-refractivity contribution in [2.45, 2.75) is 39.3 Å². The highest BCUT2D eigenvalue weighted by Crippen LogP contribution is 2.30. The van der Waals surface area contributed by atoms with E-state index in [1.165, 1.54) is 12.3 Å². The number of anilines is 1. The number of ether oxygens (including phenoxy) is 1. The van der Waals surface area contributed by atoms with Gasteiger partial charge in [-0.2, -0.15) is 22.8 Å². The van der Waals surface area contributed by atoms with E-state index >= 15 is 4.39 Å². The lowest BCUT2D eigenvalue weighted by atomic mass is 10.2. The Kier molecular flexibility index (Phi) is 7.93. The summed E-state index contributed by atoms with van der Waals surface area (Å²) in [6, 6.07) is 1.98. The minimum Gasteiger partial charge on any atom is -0.464 e. The smallest absolute Gasteiger partial charge is 0.425 e. The number of halogens is 6. The monoisotopic (exact) mass is 536 g/mol. The average molecular weight is 537 g/mol. The van der Waals surface area contributed by atoms with Gasteiger partial charge in [0.1, 0.15) is 12.2 Å². The Morgan fingerprint density at radius 2 is 2.06 bits per heavy atom. The van der Waals surface area contributed by atoms with Crippen LogP contribution in [-0.2, 0) is 13.2 Å². The number of aliphatic hydroxyl groups is 1. The van der Waals surface area contributed by atoms with Crippen LogP contribution < -0.4 is 15.7 Å². The molecule has 0 aliphatic carbocycles. The molecule has 0 fully saturated rings. The molecule has 0 aliphatic rings. The lowest BCUT2D eigenvalue weighted by Crippen LogP contribution is -2.33. The Morgan fingerprint density at radius 3 is 2.64 bits per heavy atom. The Bertz CT molecular complexity index is 1320. The molecule has 3 aromatic heterocycles. The zero-order valence-corrected chi connectivity index (χ0v) is 19.4. The van der Waals surface area contributed by atoms with Gasteiger partial charge in [-0.15, -0.1) is 5.10 Å². The summed E-state index contributed by atoms with van der Waals surface area (Å²) in [6.07, 6.45) is -6.04. The molecule has 0 unspecified atom stereocenters. The van der Waals surface area contributed by atoms with Crippen LogP contribution in [0.1, 0.15) is 28.7 Å². The molecule has 3 heterocycles. The van der Waals surface area contributed by atoms with Crippen molar-refractivity contribution in [3.05, 3.63) is 56.7 Å². The zero-order chi connectivity index (χ0) is 26.8. The van der Waals surface area contributed by atoms with Crippen LogP contribution in [0.5, 0.6) is 5.88 Å². The second-order valence-corrected chi connectivity index (χ2v) is 7.67. The number of rotatable bonds is 8. The Balaban J connectivity index is 2.16. The summed E-state index contributed by atoms with van der Waals surface area (Å²) in [4.78, 5) is 32.9. The molecule has 0 aliphatic heterocycles. The number of pyridine rings is 2. The lowest BCUT2D eigenvalue weighted by molar-refractivity contribution is -0.190. The van der Waals surface area contributed by atoms with E-state index in [1.807, 2.05) is 0 Å². The molecular weight excluding hydrogens is 519 g/mol. The van der Waals surface area contributed by atoms with Gasteiger partial charge in [0.15, 0.2) is 28.7 Å². The summed E-state index contributed by atoms with van der Waals surface area (Å²) in [6.45, 7) is -0.0605. The van der Waals surface area contributed by atoms with E-state index in [4.69, 9.17) is 21.4 Å². The largest absolute Gasteiger partial charge is 0.464 e. The van der Waals surface area contributed by atoms with E-state index in [-0.39, 0.29) is 22.1 Å². The maximum atomic E-state index is 15.0. The first-order valence-electron chi connectivity index (χ1n) is 10.1. The highest BCUT2D eigenvalue weighted by Gasteiger charge is 2.39. The van der Waals surface area contributed by atoms with Gasteiger partial charge in [-0.25, -0.2) is 18.6 Å². The number of nitrogens with zero attached hydrogens (tertiary/aromatic N) is 5. The molecule has 0 radical (unpaired) electrons. The van der Waals surface area contributed by atoms with Crippen molar-refractivity contribution >= 4 is 23.2 Å². The third kappa shape index (κ3) is 5.46. The van der Waals surface area contributed by atoms with Gasteiger partial charge in [0.2, 0.25) is 5.88 Å². The second kappa shape index (κ2) is 10.6. The molecule has 36 heavy (non-hydrogen) atoms. The molecule has 0 saturated heterocycles. The first kappa shape index (κ1) is 27.0. The van der Waals surface area contributed by atoms with E-state index in [0.29, 0.717) is 23.1 Å². The van der Waals surface area contributed by atoms with Crippen molar-refractivity contribution in [3.8, 4) is 11.7 Å². The SMILES string of the molecule is Cc1ccnc(Cl)c1NC(=O)c1cc(F)c(-n2nc(CF)n(CCO)c2=O)nc1O[C@@H](C)C(F)(F)F. The topological polar surface area (TPSA) is 124 Å². The van der Waals surface area contributed by atoms with Crippen LogP contribution in [0.3, 0.4) is 0 Å². The van der Waals surface area contributed by atoms with Gasteiger partial charge in [-0.3, -0.25) is 9.36 Å². The van der Waals surface area contributed by atoms with E-state index in [9.17, 15) is 27.2 Å². The quantitative estimate of drug-likeness (QED) is 0.335. The van der Waals surface area contributed by atoms with Gasteiger partial charge in [0.25, 0.3) is 5.91 Å². The van der Waals surface area contributed by atoms with Gasteiger partial charge in [0.05, 0.1) is 18.8 Å². The molecule has 2 N–H and O–H groups in total. The minimum absolute atomic E-state index is 0.00928. The Labute approximate surface area is 204 Å². The third-order valence-electron chi connectivity index (χ3n) is 4.85. The number of aryl methyl sites for hydroxylation is 1. The standard InChI is InChI=1S/C20H18ClF5N6O4/c1-9-3-4-27-15(21)14(9)28-17(34)11-7-12(23)16(29-18(11)36-10(2)20(24,25)26)32-19(35)31(5-6-33)13(8-22)30-32/h3-4,7,10,33H,5-6,8H2,1-2H3,(H,28,34)/t10-/m0/s1. The minimum atomic E-state index is -4.89. The second-order valence-electron chi connectivity index (χ2n) is 7.32. The van der Waals surface area contributed by atoms with Crippen molar-refractivity contribution in [1.29, 1.82) is 0 Å². The molecule has 1 amide bonds. The summed E-state index contributed by atoms with van der Waals surface area (Å²) >= 11 is 5.96. The fraction of sp³-hybridized carbons (Fsp3) is 0.350. The van der Waals surface area contributed by atoms with Crippen LogP contribution in [0.2, 0.25) is 5.15 Å². The number of amides is 1. The van der Waals surface area contributed by atoms with Crippen LogP contribution in [0.15, 0.2) is 23.1 Å². The lowest BCUT2D eigenvalue weighted by Gasteiger charge is -2.19. The predicted molar refractivity (Wildman–Crippen MR) is 116 cm³/mol. The maximum absolute atomic E-state index is 15.0. The van der Waals surface area contributed by atoms with Crippen LogP contribution in [-0.4, -0.2) is 54.2 Å². The predicted octanol–water partition coefficient (Wildman–Crippen LogP) is 2.97. The molecule has 0 aromatic carbocycles. The van der Waals surface area contributed by atoms with Crippen LogP contribution in [0, 0.1) is 12.7 Å². The third-order valence-corrected chi connectivity index (χ3v) is 5.14. The molecule has 194 valence electrons. The first-order valence-corrected chi connectivity index (χ1v) is 10.5. The molecule has 0 saturated carbocycles. The highest BCUT2D eigenvalue weighted by molar-refractivity contribution is 6.32. The Morgan fingerprint density at radius 1 is 1.36 bits per heavy atom. The van der Waals surface area contributed by atoms with Crippen molar-refractivity contribution in [2.24, 2.45) is 0 Å². The summed E-state index contributed by atoms with van der Waals surface area (Å²) in [7, 11) is 0. The molecule has 0 spiro atoms. The Hall–Kier alpha value is -3.59. The van der Waals surface area contributed by atoms with Crippen molar-refractivity contribution < 1.29 is 36.6 Å². The number of alkyl halides is 4. The number of aromatic nitrogens is 5. The number of hydrogen-bond acceptors (Lipinski definition) is 7. The number of nitrogens with one attached hydrogen (secondary N) is 1. The fourth-order valence-corrected chi connectivity index (χ4v) is 3.21. The summed E-state index contributed by atoms with van der Waals surface area (Å²) in [5.74, 6) is -4.94. The molecule has 10 nitrogen and oxygen atoms in total. The average Bonchev–Trinajstić information content (AvgIpc) is 3.12. The van der Waals surface area contributed by atoms with Crippen molar-refractivity contribution in [2.75, 3.05) is 11.9 Å². The first-order chi connectivity index (χ1) is 16.9. The van der Waals surface area contributed by atoms with E-state index in [1.54, 1.807) is 6.92 Å². The van der Waals surface area contributed by atoms with Crippen molar-refractivity contribution in [1.82, 2.24) is 24.3 Å². The zero-order valence-electron chi connectivity index (χ0n) is 18.6. The molecule has 3 aromatic rings. The highest BCUT2D eigenvalue weighted by atomic mass is 35.5. The summed E-state index contributed by atoms with van der Waals surface area (Å²) in [5, 5.41) is 14.8. The molecular formula is C20H18ClF5N6O4. The van der Waals surface area contributed by atoms with Gasteiger partial charge in [0, 0.05) is 6.20 Å². The maximum Gasteiger partial charge on any atom is 0.425 e. The van der Waals surface area contributed by atoms with Crippen molar-refractivity contribution in [3.63, 3.8) is 0 Å². The van der Waals surface area contributed by atoms with E-state index in [0.717, 1.165) is 0 Å². The number of hydrogen-bond donors (Lipinski definition) is 2. The van der Waals surface area contributed by atoms with E-state index in [2.05, 4.69) is 20.4 Å². The van der Waals surface area contributed by atoms with Gasteiger partial charge in [-0.1, -0.05) is 11.6 Å².